The summed E-state index contributed by atoms with van der Waals surface area (Å²) in [7, 11) is 0. The molecule has 0 spiro atoms. The number of nitrogens with one attached hydrogen (secondary N) is 1. The van der Waals surface area contributed by atoms with E-state index < -0.39 is 0 Å². The fourth-order valence-corrected chi connectivity index (χ4v) is 3.00. The fraction of sp³-hybridized carbons (Fsp3) is 0.462. The quantitative estimate of drug-likeness (QED) is 0.304. The monoisotopic (exact) mass is 535 g/mol. The third kappa shape index (κ3) is 6.18. The molecule has 0 aliphatic heterocycles. The van der Waals surface area contributed by atoms with Crippen molar-refractivity contribution in [1.29, 1.82) is 0 Å². The van der Waals surface area contributed by atoms with E-state index in [4.69, 9.17) is 0 Å². The van der Waals surface area contributed by atoms with E-state index in [1.165, 1.54) is 23.7 Å². The molecule has 0 fully saturated rings. The highest BCUT2D eigenvalue weighted by atomic mass is 127. The first-order valence-corrected chi connectivity index (χ1v) is 9.34. The third-order valence-electron chi connectivity index (χ3n) is 2.52. The maximum Gasteiger partial charge on any atom is 0.252 e. The molecule has 0 aliphatic rings. The van der Waals surface area contributed by atoms with Crippen molar-refractivity contribution in [3.63, 3.8) is 0 Å². The van der Waals surface area contributed by atoms with Crippen LogP contribution in [0, 0.1) is 3.57 Å². The number of benzene rings is 1. The zero-order valence-electron chi connectivity index (χ0n) is 10.0. The Balaban J connectivity index is 2.34. The van der Waals surface area contributed by atoms with E-state index in [-0.39, 0.29) is 5.91 Å². The van der Waals surface area contributed by atoms with Crippen molar-refractivity contribution < 1.29 is 4.79 Å². The Morgan fingerprint density at radius 3 is 2.67 bits per heavy atom. The van der Waals surface area contributed by atoms with Gasteiger partial charge >= 0.3 is 0 Å². The molecule has 0 aromatic heterocycles. The molecule has 0 saturated heterocycles. The SMILES string of the molecule is O=C(NCCCCCCI)c1cc(I)ccc1Br. The second-order valence-electron chi connectivity index (χ2n) is 3.98. The Kier molecular flexibility index (Phi) is 8.82. The molecular weight excluding hydrogens is 520 g/mol. The van der Waals surface area contributed by atoms with Gasteiger partial charge in [-0.15, -0.1) is 0 Å². The van der Waals surface area contributed by atoms with E-state index in [9.17, 15) is 4.79 Å². The topological polar surface area (TPSA) is 29.1 Å². The number of carbonyl (C=O) groups excluding carboxylic acids is 1. The standard InChI is InChI=1S/C13H16BrI2NO/c14-12-6-5-10(16)9-11(12)13(18)17-8-4-2-1-3-7-15/h5-6,9H,1-4,7-8H2,(H,17,18). The van der Waals surface area contributed by atoms with E-state index in [1.807, 2.05) is 18.2 Å². The number of unbranched alkanes of at least 4 members (excludes halogenated alkanes) is 3. The van der Waals surface area contributed by atoms with Gasteiger partial charge in [0.1, 0.15) is 0 Å². The smallest absolute Gasteiger partial charge is 0.252 e. The minimum Gasteiger partial charge on any atom is -0.352 e. The predicted octanol–water partition coefficient (Wildman–Crippen LogP) is 4.78. The zero-order chi connectivity index (χ0) is 13.4. The summed E-state index contributed by atoms with van der Waals surface area (Å²) in [5.41, 5.74) is 0.717. The van der Waals surface area contributed by atoms with Gasteiger partial charge in [0.2, 0.25) is 0 Å². The molecule has 0 radical (unpaired) electrons. The molecule has 5 heteroatoms. The lowest BCUT2D eigenvalue weighted by Crippen LogP contribution is -2.24. The van der Waals surface area contributed by atoms with Crippen LogP contribution in [0.3, 0.4) is 0 Å². The first-order chi connectivity index (χ1) is 8.65. The maximum atomic E-state index is 12.0. The van der Waals surface area contributed by atoms with Crippen LogP contribution < -0.4 is 5.32 Å². The molecule has 0 aliphatic carbocycles. The largest absolute Gasteiger partial charge is 0.352 e. The van der Waals surface area contributed by atoms with Crippen LogP contribution in [0.15, 0.2) is 22.7 Å². The van der Waals surface area contributed by atoms with Crippen molar-refractivity contribution in [3.05, 3.63) is 31.8 Å². The first kappa shape index (κ1) is 16.7. The summed E-state index contributed by atoms with van der Waals surface area (Å²) in [5, 5.41) is 2.97. The number of amides is 1. The Labute approximate surface area is 144 Å². The maximum absolute atomic E-state index is 12.0. The molecule has 100 valence electrons. The second kappa shape index (κ2) is 9.52. The fourth-order valence-electron chi connectivity index (χ4n) is 1.54. The number of hydrogen-bond acceptors (Lipinski definition) is 1. The Morgan fingerprint density at radius 1 is 1.22 bits per heavy atom. The third-order valence-corrected chi connectivity index (χ3v) is 4.64. The lowest BCUT2D eigenvalue weighted by Gasteiger charge is -2.07. The molecule has 0 unspecified atom stereocenters. The van der Waals surface area contributed by atoms with Crippen molar-refractivity contribution >= 4 is 67.0 Å². The highest BCUT2D eigenvalue weighted by Crippen LogP contribution is 2.19. The second-order valence-corrected chi connectivity index (χ2v) is 7.16. The number of alkyl halides is 1. The van der Waals surface area contributed by atoms with Gasteiger partial charge in [0.15, 0.2) is 0 Å². The van der Waals surface area contributed by atoms with Gasteiger partial charge in [-0.05, 0) is 74.0 Å². The van der Waals surface area contributed by atoms with Crippen LogP contribution in [0.1, 0.15) is 36.0 Å². The van der Waals surface area contributed by atoms with Crippen LogP contribution in [-0.2, 0) is 0 Å². The molecule has 0 bridgehead atoms. The Morgan fingerprint density at radius 2 is 1.94 bits per heavy atom. The normalized spacial score (nSPS) is 10.4. The van der Waals surface area contributed by atoms with E-state index >= 15 is 0 Å². The van der Waals surface area contributed by atoms with Gasteiger partial charge in [0.25, 0.3) is 5.91 Å². The molecule has 0 atom stereocenters. The van der Waals surface area contributed by atoms with E-state index in [1.54, 1.807) is 0 Å². The number of carbonyl (C=O) groups is 1. The van der Waals surface area contributed by atoms with Gasteiger partial charge in [0.05, 0.1) is 5.56 Å². The molecule has 18 heavy (non-hydrogen) atoms. The lowest BCUT2D eigenvalue weighted by atomic mass is 10.2. The van der Waals surface area contributed by atoms with Gasteiger partial charge in [-0.3, -0.25) is 4.79 Å². The molecular formula is C13H16BrI2NO. The summed E-state index contributed by atoms with van der Waals surface area (Å²) >= 11 is 8.02. The van der Waals surface area contributed by atoms with Crippen LogP contribution in [0.4, 0.5) is 0 Å². The summed E-state index contributed by atoms with van der Waals surface area (Å²) in [6, 6.07) is 5.79. The average molecular weight is 536 g/mol. The zero-order valence-corrected chi connectivity index (χ0v) is 15.9. The molecule has 2 nitrogen and oxygen atoms in total. The summed E-state index contributed by atoms with van der Waals surface area (Å²) in [6.07, 6.45) is 4.78. The number of halogens is 3. The average Bonchev–Trinajstić information content (AvgIpc) is 2.36. The van der Waals surface area contributed by atoms with Crippen molar-refractivity contribution in [2.45, 2.75) is 25.7 Å². The van der Waals surface area contributed by atoms with Gasteiger partial charge in [-0.2, -0.15) is 0 Å². The highest BCUT2D eigenvalue weighted by Gasteiger charge is 2.09. The number of rotatable bonds is 7. The molecule has 1 amide bonds. The van der Waals surface area contributed by atoms with E-state index in [0.29, 0.717) is 5.56 Å². The first-order valence-electron chi connectivity index (χ1n) is 5.94. The van der Waals surface area contributed by atoms with Crippen LogP contribution in [0.25, 0.3) is 0 Å². The van der Waals surface area contributed by atoms with Crippen molar-refractivity contribution in [3.8, 4) is 0 Å². The predicted molar refractivity (Wildman–Crippen MR) is 96.5 cm³/mol. The summed E-state index contributed by atoms with van der Waals surface area (Å²) in [5.74, 6) is 0.00859. The number of hydrogen-bond donors (Lipinski definition) is 1. The molecule has 1 aromatic rings. The Hall–Kier alpha value is 0.630. The van der Waals surface area contributed by atoms with Gasteiger partial charge in [-0.25, -0.2) is 0 Å². The highest BCUT2D eigenvalue weighted by molar-refractivity contribution is 14.1. The molecule has 1 rings (SSSR count). The van der Waals surface area contributed by atoms with Gasteiger partial charge in [0, 0.05) is 14.6 Å². The molecule has 1 N–H and O–H groups in total. The van der Waals surface area contributed by atoms with E-state index in [0.717, 1.165) is 21.0 Å². The summed E-state index contributed by atoms with van der Waals surface area (Å²) < 4.78 is 3.15. The van der Waals surface area contributed by atoms with Crippen molar-refractivity contribution in [2.75, 3.05) is 11.0 Å². The van der Waals surface area contributed by atoms with E-state index in [2.05, 4.69) is 66.4 Å². The Bertz CT molecular complexity index is 399. The molecule has 0 saturated carbocycles. The van der Waals surface area contributed by atoms with Gasteiger partial charge in [-0.1, -0.05) is 35.4 Å². The minimum atomic E-state index is 0.00859. The van der Waals surface area contributed by atoms with Gasteiger partial charge < -0.3 is 5.32 Å². The molecule has 0 heterocycles. The van der Waals surface area contributed by atoms with Crippen molar-refractivity contribution in [2.24, 2.45) is 0 Å². The minimum absolute atomic E-state index is 0.00859. The summed E-state index contributed by atoms with van der Waals surface area (Å²) in [4.78, 5) is 12.0. The lowest BCUT2D eigenvalue weighted by molar-refractivity contribution is 0.0952. The van der Waals surface area contributed by atoms with Crippen molar-refractivity contribution in [1.82, 2.24) is 5.32 Å². The summed E-state index contributed by atoms with van der Waals surface area (Å²) in [6.45, 7) is 0.762. The molecule has 1 aromatic carbocycles. The van der Waals surface area contributed by atoms with Crippen LogP contribution in [-0.4, -0.2) is 16.9 Å². The van der Waals surface area contributed by atoms with Crippen LogP contribution >= 0.6 is 61.1 Å². The van der Waals surface area contributed by atoms with Crippen LogP contribution in [0.2, 0.25) is 0 Å². The van der Waals surface area contributed by atoms with Crippen LogP contribution in [0.5, 0.6) is 0 Å².